The van der Waals surface area contributed by atoms with Gasteiger partial charge in [0.25, 0.3) is 0 Å². The molecule has 9 heteroatoms. The maximum atomic E-state index is 12.7. The number of fused-ring (bicyclic) bond motifs is 1. The minimum Gasteiger partial charge on any atom is -0.491 e. The van der Waals surface area contributed by atoms with Crippen LogP contribution in [0.25, 0.3) is 10.9 Å². The van der Waals surface area contributed by atoms with E-state index >= 15 is 0 Å². The Hall–Kier alpha value is -1.69. The number of ether oxygens (including phenoxy) is 2. The number of hydrogen-bond donors (Lipinski definition) is 1. The zero-order valence-electron chi connectivity index (χ0n) is 16.7. The highest BCUT2D eigenvalue weighted by molar-refractivity contribution is 14.1. The lowest BCUT2D eigenvalue weighted by molar-refractivity contribution is 0.0322. The van der Waals surface area contributed by atoms with Gasteiger partial charge in [-0.3, -0.25) is 9.69 Å². The third kappa shape index (κ3) is 5.47. The molecule has 0 saturated carbocycles. The Morgan fingerprint density at radius 2 is 2.00 bits per heavy atom. The molecule has 1 aliphatic rings. The quantitative estimate of drug-likeness (QED) is 0.535. The third-order valence-electron chi connectivity index (χ3n) is 4.92. The summed E-state index contributed by atoms with van der Waals surface area (Å²) in [7, 11) is 3.90. The topological polar surface area (TPSA) is 84.2 Å². The molecule has 0 spiro atoms. The molecule has 0 bridgehead atoms. The Labute approximate surface area is 183 Å². The number of morpholine rings is 1. The summed E-state index contributed by atoms with van der Waals surface area (Å²) in [6.45, 7) is 5.93. The summed E-state index contributed by atoms with van der Waals surface area (Å²) in [5, 5.41) is 9.82. The Bertz CT molecular complexity index is 938. The van der Waals surface area contributed by atoms with Gasteiger partial charge in [0, 0.05) is 50.4 Å². The molecule has 0 aliphatic carbocycles. The average Bonchev–Trinajstić information content (AvgIpc) is 2.69. The monoisotopic (exact) mass is 515 g/mol. The summed E-state index contributed by atoms with van der Waals surface area (Å²) in [4.78, 5) is 28.5. The van der Waals surface area contributed by atoms with E-state index in [1.165, 1.54) is 6.20 Å². The summed E-state index contributed by atoms with van der Waals surface area (Å²) in [6.07, 6.45) is 1.43. The standard InChI is InChI=1S/C20H26IN3O5/c1-22(2)3-4-24-13-15(20(26)27)19(25)14-11-16(21)18(12-17(14)24)29-10-7-23-5-8-28-9-6-23/h11-13H,3-10H2,1-2H3,(H,26,27). The van der Waals surface area contributed by atoms with Crippen LogP contribution in [0.1, 0.15) is 10.4 Å². The van der Waals surface area contributed by atoms with E-state index in [2.05, 4.69) is 27.5 Å². The van der Waals surface area contributed by atoms with Crippen LogP contribution in [0.4, 0.5) is 0 Å². The van der Waals surface area contributed by atoms with Crippen molar-refractivity contribution in [1.29, 1.82) is 0 Å². The maximum Gasteiger partial charge on any atom is 0.341 e. The lowest BCUT2D eigenvalue weighted by atomic mass is 10.1. The van der Waals surface area contributed by atoms with Crippen molar-refractivity contribution >= 4 is 39.5 Å². The fourth-order valence-corrected chi connectivity index (χ4v) is 3.88. The molecule has 2 heterocycles. The number of rotatable bonds is 8. The van der Waals surface area contributed by atoms with Gasteiger partial charge in [0.2, 0.25) is 5.43 Å². The van der Waals surface area contributed by atoms with E-state index in [1.54, 1.807) is 6.07 Å². The fourth-order valence-electron chi connectivity index (χ4n) is 3.26. The van der Waals surface area contributed by atoms with Crippen LogP contribution in [0.3, 0.4) is 0 Å². The van der Waals surface area contributed by atoms with Crippen LogP contribution in [0.2, 0.25) is 0 Å². The lowest BCUT2D eigenvalue weighted by Crippen LogP contribution is -2.38. The van der Waals surface area contributed by atoms with Crippen molar-refractivity contribution in [3.8, 4) is 5.75 Å². The van der Waals surface area contributed by atoms with Gasteiger partial charge in [0.05, 0.1) is 22.3 Å². The molecule has 158 valence electrons. The summed E-state index contributed by atoms with van der Waals surface area (Å²) in [5.41, 5.74) is 0.00284. The number of carboxylic acids is 1. The van der Waals surface area contributed by atoms with Crippen LogP contribution < -0.4 is 10.2 Å². The lowest BCUT2D eigenvalue weighted by Gasteiger charge is -2.26. The normalized spacial score (nSPS) is 15.2. The predicted octanol–water partition coefficient (Wildman–Crippen LogP) is 1.58. The summed E-state index contributed by atoms with van der Waals surface area (Å²) in [6, 6.07) is 3.57. The van der Waals surface area contributed by atoms with Crippen molar-refractivity contribution in [2.24, 2.45) is 0 Å². The van der Waals surface area contributed by atoms with Gasteiger partial charge in [-0.15, -0.1) is 0 Å². The van der Waals surface area contributed by atoms with Crippen molar-refractivity contribution in [2.45, 2.75) is 6.54 Å². The molecule has 0 amide bonds. The van der Waals surface area contributed by atoms with Gasteiger partial charge < -0.3 is 24.0 Å². The van der Waals surface area contributed by atoms with E-state index in [0.29, 0.717) is 29.8 Å². The number of aromatic carboxylic acids is 1. The first-order chi connectivity index (χ1) is 13.9. The largest absolute Gasteiger partial charge is 0.491 e. The maximum absolute atomic E-state index is 12.7. The highest BCUT2D eigenvalue weighted by atomic mass is 127. The van der Waals surface area contributed by atoms with Crippen molar-refractivity contribution in [3.63, 3.8) is 0 Å². The van der Waals surface area contributed by atoms with Crippen LogP contribution in [0, 0.1) is 3.57 Å². The zero-order valence-corrected chi connectivity index (χ0v) is 18.8. The van der Waals surface area contributed by atoms with Gasteiger partial charge in [-0.2, -0.15) is 0 Å². The molecule has 1 aromatic heterocycles. The van der Waals surface area contributed by atoms with Crippen LogP contribution >= 0.6 is 22.6 Å². The molecule has 0 radical (unpaired) electrons. The van der Waals surface area contributed by atoms with E-state index < -0.39 is 11.4 Å². The second-order valence-corrected chi connectivity index (χ2v) is 8.44. The van der Waals surface area contributed by atoms with Crippen molar-refractivity contribution < 1.29 is 19.4 Å². The highest BCUT2D eigenvalue weighted by Gasteiger charge is 2.17. The summed E-state index contributed by atoms with van der Waals surface area (Å²) in [5.74, 6) is -0.510. The van der Waals surface area contributed by atoms with Crippen molar-refractivity contribution in [1.82, 2.24) is 14.4 Å². The molecular weight excluding hydrogens is 489 g/mol. The number of benzene rings is 1. The molecule has 1 saturated heterocycles. The molecule has 1 aliphatic heterocycles. The van der Waals surface area contributed by atoms with Gasteiger partial charge >= 0.3 is 5.97 Å². The fraction of sp³-hybridized carbons (Fsp3) is 0.500. The van der Waals surface area contributed by atoms with Crippen LogP contribution in [0.5, 0.6) is 5.75 Å². The number of aromatic nitrogens is 1. The number of hydrogen-bond acceptors (Lipinski definition) is 6. The summed E-state index contributed by atoms with van der Waals surface area (Å²) >= 11 is 2.13. The highest BCUT2D eigenvalue weighted by Crippen LogP contribution is 2.26. The van der Waals surface area contributed by atoms with E-state index in [9.17, 15) is 14.7 Å². The number of carbonyl (C=O) groups is 1. The summed E-state index contributed by atoms with van der Waals surface area (Å²) < 4.78 is 14.0. The van der Waals surface area contributed by atoms with Crippen molar-refractivity contribution in [2.75, 3.05) is 60.1 Å². The molecular formula is C20H26IN3O5. The van der Waals surface area contributed by atoms with Crippen LogP contribution in [-0.2, 0) is 11.3 Å². The SMILES string of the molecule is CN(C)CCn1cc(C(=O)O)c(=O)c2cc(I)c(OCCN3CCOCC3)cc21. The van der Waals surface area contributed by atoms with Crippen LogP contribution in [-0.4, -0.2) is 85.5 Å². The van der Waals surface area contributed by atoms with Gasteiger partial charge in [0.15, 0.2) is 0 Å². The molecule has 0 unspecified atom stereocenters. The van der Waals surface area contributed by atoms with Gasteiger partial charge in [-0.1, -0.05) is 0 Å². The van der Waals surface area contributed by atoms with E-state index in [4.69, 9.17) is 9.47 Å². The molecule has 29 heavy (non-hydrogen) atoms. The molecule has 1 fully saturated rings. The first kappa shape index (κ1) is 22.0. The molecule has 1 aromatic carbocycles. The van der Waals surface area contributed by atoms with Crippen LogP contribution in [0.15, 0.2) is 23.1 Å². The number of halogens is 1. The second kappa shape index (κ2) is 9.88. The van der Waals surface area contributed by atoms with Gasteiger partial charge in [-0.05, 0) is 42.8 Å². The predicted molar refractivity (Wildman–Crippen MR) is 119 cm³/mol. The Balaban J connectivity index is 1.90. The molecule has 0 atom stereocenters. The zero-order chi connectivity index (χ0) is 21.0. The van der Waals surface area contributed by atoms with Gasteiger partial charge in [-0.25, -0.2) is 4.79 Å². The first-order valence-corrected chi connectivity index (χ1v) is 10.6. The minimum atomic E-state index is -1.21. The number of nitrogens with zero attached hydrogens (tertiary/aromatic N) is 3. The molecule has 1 N–H and O–H groups in total. The average molecular weight is 515 g/mol. The molecule has 8 nitrogen and oxygen atoms in total. The number of pyridine rings is 1. The van der Waals surface area contributed by atoms with E-state index in [0.717, 1.165) is 43.0 Å². The first-order valence-electron chi connectivity index (χ1n) is 9.54. The smallest absolute Gasteiger partial charge is 0.341 e. The minimum absolute atomic E-state index is 0.215. The Morgan fingerprint density at radius 3 is 2.66 bits per heavy atom. The molecule has 2 aromatic rings. The Morgan fingerprint density at radius 1 is 1.28 bits per heavy atom. The van der Waals surface area contributed by atoms with Gasteiger partial charge in [0.1, 0.15) is 17.9 Å². The van der Waals surface area contributed by atoms with E-state index in [-0.39, 0.29) is 5.56 Å². The Kier molecular flexibility index (Phi) is 7.49. The second-order valence-electron chi connectivity index (χ2n) is 7.28. The van der Waals surface area contributed by atoms with E-state index in [1.807, 2.05) is 29.6 Å². The molecule has 3 rings (SSSR count). The third-order valence-corrected chi connectivity index (χ3v) is 5.76. The number of likely N-dealkylation sites (N-methyl/N-ethyl adjacent to an activating group) is 1. The van der Waals surface area contributed by atoms with Crippen molar-refractivity contribution in [3.05, 3.63) is 37.7 Å². The number of carboxylic acid groups (broad SMARTS) is 1.